The van der Waals surface area contributed by atoms with E-state index in [9.17, 15) is 28.8 Å². The highest BCUT2D eigenvalue weighted by Gasteiger charge is 2.45. The van der Waals surface area contributed by atoms with Crippen molar-refractivity contribution in [1.82, 2.24) is 0 Å². The van der Waals surface area contributed by atoms with E-state index in [-0.39, 0.29) is 12.8 Å². The van der Waals surface area contributed by atoms with Gasteiger partial charge in [0.15, 0.2) is 0 Å². The van der Waals surface area contributed by atoms with Crippen LogP contribution in [-0.4, -0.2) is 48.0 Å². The molecule has 2 saturated heterocycles. The van der Waals surface area contributed by atoms with Crippen LogP contribution in [0.2, 0.25) is 0 Å². The average molecular weight is 314 g/mol. The molecule has 2 atom stereocenters. The van der Waals surface area contributed by atoms with Crippen LogP contribution in [0.4, 0.5) is 0 Å². The standard InChI is InChI=1S/C12H10O10/c13-5-1-2-6(14)20-10-9(19-5)11(17)21-7(15)3-4-8(16)22-12(10)18/h9-10H,1-4H2. The first-order valence-electron chi connectivity index (χ1n) is 6.25. The molecule has 0 N–H and O–H groups in total. The first-order chi connectivity index (χ1) is 10.4. The lowest BCUT2D eigenvalue weighted by atomic mass is 10.1. The Hall–Kier alpha value is -2.78. The van der Waals surface area contributed by atoms with Gasteiger partial charge in [0.25, 0.3) is 0 Å². The number of fused-ring (bicyclic) bond motifs is 1. The molecule has 10 heteroatoms. The molecule has 0 aromatic carbocycles. The fourth-order valence-electron chi connectivity index (χ4n) is 1.72. The summed E-state index contributed by atoms with van der Waals surface area (Å²) in [5.41, 5.74) is 0. The van der Waals surface area contributed by atoms with Crippen LogP contribution in [0.1, 0.15) is 25.7 Å². The summed E-state index contributed by atoms with van der Waals surface area (Å²) in [5.74, 6) is -6.84. The first kappa shape index (κ1) is 15.6. The number of carbonyl (C=O) groups excluding carboxylic acids is 6. The van der Waals surface area contributed by atoms with Crippen LogP contribution in [0.5, 0.6) is 0 Å². The quantitative estimate of drug-likeness (QED) is 0.296. The second-order valence-corrected chi connectivity index (χ2v) is 4.41. The van der Waals surface area contributed by atoms with Crippen LogP contribution >= 0.6 is 0 Å². The van der Waals surface area contributed by atoms with Gasteiger partial charge in [-0.3, -0.25) is 19.2 Å². The summed E-state index contributed by atoms with van der Waals surface area (Å²) in [5, 5.41) is 0. The summed E-state index contributed by atoms with van der Waals surface area (Å²) < 4.78 is 18.1. The van der Waals surface area contributed by atoms with Crippen molar-refractivity contribution in [3.63, 3.8) is 0 Å². The minimum Gasteiger partial charge on any atom is -0.446 e. The van der Waals surface area contributed by atoms with E-state index in [0.29, 0.717) is 0 Å². The number of ether oxygens (including phenoxy) is 4. The molecular formula is C12H10O10. The SMILES string of the molecule is O=C1CCC(=O)OC(=O)C2OC(=O)CCC(=O)OC2C(=O)O1. The zero-order valence-corrected chi connectivity index (χ0v) is 11.1. The highest BCUT2D eigenvalue weighted by Crippen LogP contribution is 2.17. The van der Waals surface area contributed by atoms with Gasteiger partial charge in [0, 0.05) is 0 Å². The summed E-state index contributed by atoms with van der Waals surface area (Å²) in [6, 6.07) is 0. The number of hydrogen-bond acceptors (Lipinski definition) is 10. The van der Waals surface area contributed by atoms with Gasteiger partial charge in [-0.05, 0) is 0 Å². The molecule has 0 saturated carbocycles. The lowest BCUT2D eigenvalue weighted by Gasteiger charge is -2.25. The highest BCUT2D eigenvalue weighted by molar-refractivity contribution is 5.99. The Kier molecular flexibility index (Phi) is 4.49. The van der Waals surface area contributed by atoms with Gasteiger partial charge in [0.1, 0.15) is 0 Å². The maximum absolute atomic E-state index is 11.8. The third kappa shape index (κ3) is 3.65. The number of carbonyl (C=O) groups is 6. The minimum atomic E-state index is -2.01. The largest absolute Gasteiger partial charge is 0.446 e. The Bertz CT molecular complexity index is 512. The van der Waals surface area contributed by atoms with Crippen molar-refractivity contribution in [2.24, 2.45) is 0 Å². The van der Waals surface area contributed by atoms with Gasteiger partial charge in [-0.2, -0.15) is 0 Å². The van der Waals surface area contributed by atoms with E-state index >= 15 is 0 Å². The summed E-state index contributed by atoms with van der Waals surface area (Å²) in [6.45, 7) is 0. The van der Waals surface area contributed by atoms with Crippen LogP contribution in [-0.2, 0) is 47.7 Å². The summed E-state index contributed by atoms with van der Waals surface area (Å²) in [7, 11) is 0. The highest BCUT2D eigenvalue weighted by atomic mass is 16.7. The molecule has 2 aliphatic heterocycles. The zero-order valence-electron chi connectivity index (χ0n) is 11.1. The van der Waals surface area contributed by atoms with Crippen molar-refractivity contribution in [1.29, 1.82) is 0 Å². The van der Waals surface area contributed by atoms with Crippen molar-refractivity contribution < 1.29 is 47.7 Å². The van der Waals surface area contributed by atoms with E-state index in [0.717, 1.165) is 0 Å². The van der Waals surface area contributed by atoms with Crippen molar-refractivity contribution in [2.75, 3.05) is 0 Å². The molecule has 0 aliphatic carbocycles. The van der Waals surface area contributed by atoms with E-state index < -0.39 is 60.9 Å². The van der Waals surface area contributed by atoms with Crippen molar-refractivity contribution >= 4 is 35.8 Å². The fraction of sp³-hybridized carbons (Fsp3) is 0.500. The van der Waals surface area contributed by atoms with Crippen molar-refractivity contribution in [3.8, 4) is 0 Å². The Labute approximate surface area is 122 Å². The van der Waals surface area contributed by atoms with Gasteiger partial charge in [0.2, 0.25) is 12.2 Å². The topological polar surface area (TPSA) is 139 Å². The smallest absolute Gasteiger partial charge is 0.359 e. The van der Waals surface area contributed by atoms with Crippen LogP contribution in [0, 0.1) is 0 Å². The maximum Gasteiger partial charge on any atom is 0.359 e. The fourth-order valence-corrected chi connectivity index (χ4v) is 1.72. The van der Waals surface area contributed by atoms with Gasteiger partial charge in [-0.1, -0.05) is 0 Å². The average Bonchev–Trinajstić information content (AvgIpc) is 2.43. The molecule has 0 aromatic heterocycles. The Morgan fingerprint density at radius 2 is 0.864 bits per heavy atom. The summed E-state index contributed by atoms with van der Waals surface area (Å²) in [6.07, 6.45) is -5.78. The normalized spacial score (nSPS) is 27.5. The molecule has 0 radical (unpaired) electrons. The molecule has 0 spiro atoms. The molecule has 10 nitrogen and oxygen atoms in total. The van der Waals surface area contributed by atoms with Crippen LogP contribution < -0.4 is 0 Å². The Morgan fingerprint density at radius 3 is 1.23 bits per heavy atom. The third-order valence-electron chi connectivity index (χ3n) is 2.75. The Balaban J connectivity index is 2.34. The molecule has 22 heavy (non-hydrogen) atoms. The number of rotatable bonds is 0. The second kappa shape index (κ2) is 6.33. The summed E-state index contributed by atoms with van der Waals surface area (Å²) >= 11 is 0. The van der Waals surface area contributed by atoms with E-state index in [4.69, 9.17) is 0 Å². The van der Waals surface area contributed by atoms with Gasteiger partial charge in [-0.25, -0.2) is 9.59 Å². The van der Waals surface area contributed by atoms with E-state index in [1.54, 1.807) is 0 Å². The molecule has 118 valence electrons. The lowest BCUT2D eigenvalue weighted by Crippen LogP contribution is -2.49. The van der Waals surface area contributed by atoms with Crippen molar-refractivity contribution in [2.45, 2.75) is 37.9 Å². The molecular weight excluding hydrogens is 304 g/mol. The van der Waals surface area contributed by atoms with Crippen LogP contribution in [0.25, 0.3) is 0 Å². The molecule has 0 aromatic rings. The number of hydrogen-bond donors (Lipinski definition) is 0. The second-order valence-electron chi connectivity index (χ2n) is 4.41. The van der Waals surface area contributed by atoms with E-state index in [1.807, 2.05) is 0 Å². The zero-order chi connectivity index (χ0) is 16.3. The monoisotopic (exact) mass is 314 g/mol. The van der Waals surface area contributed by atoms with Gasteiger partial charge < -0.3 is 18.9 Å². The van der Waals surface area contributed by atoms with Gasteiger partial charge in [0.05, 0.1) is 25.7 Å². The Morgan fingerprint density at radius 1 is 0.545 bits per heavy atom. The number of cyclic esters (lactones) is 4. The molecule has 0 amide bonds. The predicted octanol–water partition coefficient (Wildman–Crippen LogP) is -1.46. The van der Waals surface area contributed by atoms with Crippen LogP contribution in [0.15, 0.2) is 0 Å². The first-order valence-corrected chi connectivity index (χ1v) is 6.25. The molecule has 0 bridgehead atoms. The van der Waals surface area contributed by atoms with Crippen LogP contribution in [0.3, 0.4) is 0 Å². The lowest BCUT2D eigenvalue weighted by molar-refractivity contribution is -0.199. The van der Waals surface area contributed by atoms with Gasteiger partial charge >= 0.3 is 35.8 Å². The summed E-state index contributed by atoms with van der Waals surface area (Å²) in [4.78, 5) is 69.2. The predicted molar refractivity (Wildman–Crippen MR) is 60.4 cm³/mol. The third-order valence-corrected chi connectivity index (χ3v) is 2.75. The molecule has 2 rings (SSSR count). The molecule has 2 aliphatic rings. The molecule has 2 fully saturated rings. The maximum atomic E-state index is 11.8. The van der Waals surface area contributed by atoms with E-state index in [2.05, 4.69) is 18.9 Å². The minimum absolute atomic E-state index is 0.378. The van der Waals surface area contributed by atoms with Gasteiger partial charge in [-0.15, -0.1) is 0 Å². The number of esters is 6. The van der Waals surface area contributed by atoms with Crippen molar-refractivity contribution in [3.05, 3.63) is 0 Å². The molecule has 2 heterocycles. The molecule has 2 unspecified atom stereocenters. The van der Waals surface area contributed by atoms with E-state index in [1.165, 1.54) is 0 Å².